The largest absolute Gasteiger partial charge is 0.508 e. The minimum absolute atomic E-state index is 0.130. The number of aromatic hydroxyl groups is 1. The average Bonchev–Trinajstić information content (AvgIpc) is 2.67. The normalized spacial score (nSPS) is 10.9. The molecule has 2 N–H and O–H groups in total. The van der Waals surface area contributed by atoms with Crippen LogP contribution in [0.4, 0.5) is 11.5 Å². The summed E-state index contributed by atoms with van der Waals surface area (Å²) in [7, 11) is 1.32. The van der Waals surface area contributed by atoms with Crippen LogP contribution in [0.25, 0.3) is 21.7 Å². The van der Waals surface area contributed by atoms with E-state index in [9.17, 15) is 9.90 Å². The summed E-state index contributed by atoms with van der Waals surface area (Å²) in [5.74, 6) is 0.137. The second kappa shape index (κ2) is 6.74. The number of hydrogen-bond donors (Lipinski definition) is 2. The number of phenols is 1. The zero-order chi connectivity index (χ0) is 19.0. The number of methoxy groups -OCH3 is 1. The number of pyridine rings is 2. The van der Waals surface area contributed by atoms with Gasteiger partial charge in [-0.15, -0.1) is 0 Å². The molecule has 0 atom stereocenters. The molecule has 7 heteroatoms. The van der Waals surface area contributed by atoms with Crippen LogP contribution in [-0.2, 0) is 4.74 Å². The number of benzene rings is 2. The number of phenolic OH excluding ortho intramolecular Hbond substituents is 1. The van der Waals surface area contributed by atoms with Crippen LogP contribution in [0.5, 0.6) is 5.75 Å². The Morgan fingerprint density at radius 1 is 1.15 bits per heavy atom. The topological polar surface area (TPSA) is 84.3 Å². The molecule has 4 aromatic rings. The number of aromatic nitrogens is 2. The van der Waals surface area contributed by atoms with E-state index >= 15 is 0 Å². The van der Waals surface area contributed by atoms with Crippen molar-refractivity contribution < 1.29 is 14.6 Å². The zero-order valence-corrected chi connectivity index (χ0v) is 15.0. The van der Waals surface area contributed by atoms with E-state index in [1.54, 1.807) is 48.7 Å². The number of carbonyl (C=O) groups is 1. The van der Waals surface area contributed by atoms with E-state index < -0.39 is 5.97 Å². The Hall–Kier alpha value is -3.38. The molecule has 0 saturated heterocycles. The minimum Gasteiger partial charge on any atom is -0.508 e. The Bertz CT molecular complexity index is 1190. The van der Waals surface area contributed by atoms with E-state index in [0.717, 1.165) is 5.39 Å². The van der Waals surface area contributed by atoms with Crippen molar-refractivity contribution in [1.82, 2.24) is 9.97 Å². The molecule has 2 aromatic carbocycles. The number of nitrogens with one attached hydrogen (secondary N) is 1. The lowest BCUT2D eigenvalue weighted by atomic mass is 10.0. The fourth-order valence-electron chi connectivity index (χ4n) is 3.00. The lowest BCUT2D eigenvalue weighted by Gasteiger charge is -2.14. The fourth-order valence-corrected chi connectivity index (χ4v) is 3.17. The van der Waals surface area contributed by atoms with Gasteiger partial charge in [0.25, 0.3) is 0 Å². The number of fused-ring (bicyclic) bond motifs is 3. The highest BCUT2D eigenvalue weighted by molar-refractivity contribution is 6.32. The summed E-state index contributed by atoms with van der Waals surface area (Å²) in [5.41, 5.74) is 1.63. The summed E-state index contributed by atoms with van der Waals surface area (Å²) >= 11 is 6.17. The van der Waals surface area contributed by atoms with Crippen molar-refractivity contribution in [3.8, 4) is 5.75 Å². The van der Waals surface area contributed by atoms with Gasteiger partial charge in [-0.2, -0.15) is 0 Å². The molecule has 0 unspecified atom stereocenters. The Morgan fingerprint density at radius 3 is 2.78 bits per heavy atom. The minimum atomic E-state index is -0.496. The van der Waals surface area contributed by atoms with Gasteiger partial charge in [0, 0.05) is 45.3 Å². The van der Waals surface area contributed by atoms with E-state index in [2.05, 4.69) is 15.3 Å². The predicted octanol–water partition coefficient (Wildman–Crippen LogP) is 4.67. The van der Waals surface area contributed by atoms with Gasteiger partial charge in [-0.25, -0.2) is 9.78 Å². The van der Waals surface area contributed by atoms with Gasteiger partial charge in [0.1, 0.15) is 11.6 Å². The molecule has 27 heavy (non-hydrogen) atoms. The highest BCUT2D eigenvalue weighted by Gasteiger charge is 2.18. The summed E-state index contributed by atoms with van der Waals surface area (Å²) in [4.78, 5) is 21.1. The Labute approximate surface area is 159 Å². The molecule has 0 aliphatic carbocycles. The molecule has 0 spiro atoms. The van der Waals surface area contributed by atoms with Crippen LogP contribution < -0.4 is 5.32 Å². The van der Waals surface area contributed by atoms with Crippen molar-refractivity contribution in [1.29, 1.82) is 0 Å². The number of nitrogens with zero attached hydrogens (tertiary/aromatic N) is 2. The number of halogens is 1. The Morgan fingerprint density at radius 2 is 2.00 bits per heavy atom. The summed E-state index contributed by atoms with van der Waals surface area (Å²) in [6.07, 6.45) is 3.09. The first-order chi connectivity index (χ1) is 13.1. The van der Waals surface area contributed by atoms with Crippen molar-refractivity contribution in [2.24, 2.45) is 0 Å². The van der Waals surface area contributed by atoms with Crippen molar-refractivity contribution in [3.63, 3.8) is 0 Å². The monoisotopic (exact) mass is 379 g/mol. The van der Waals surface area contributed by atoms with Crippen LogP contribution in [-0.4, -0.2) is 28.2 Å². The van der Waals surface area contributed by atoms with Crippen LogP contribution >= 0.6 is 11.6 Å². The number of anilines is 2. The molecule has 0 bridgehead atoms. The molecule has 0 saturated carbocycles. The Balaban J connectivity index is 2.04. The molecular formula is C20H14ClN3O3. The van der Waals surface area contributed by atoms with Gasteiger partial charge in [-0.1, -0.05) is 17.7 Å². The second-order valence-electron chi connectivity index (χ2n) is 5.90. The fraction of sp³-hybridized carbons (Fsp3) is 0.0500. The van der Waals surface area contributed by atoms with Crippen LogP contribution in [0.2, 0.25) is 5.02 Å². The average molecular weight is 380 g/mol. The summed E-state index contributed by atoms with van der Waals surface area (Å²) < 4.78 is 4.91. The number of ether oxygens (including phenoxy) is 1. The second-order valence-corrected chi connectivity index (χ2v) is 6.33. The van der Waals surface area contributed by atoms with E-state index in [1.165, 1.54) is 13.3 Å². The lowest BCUT2D eigenvalue weighted by molar-refractivity contribution is 0.0602. The van der Waals surface area contributed by atoms with Crippen LogP contribution in [0, 0.1) is 0 Å². The van der Waals surface area contributed by atoms with E-state index in [0.29, 0.717) is 38.4 Å². The summed E-state index contributed by atoms with van der Waals surface area (Å²) in [6, 6.07) is 12.0. The van der Waals surface area contributed by atoms with Crippen LogP contribution in [0.3, 0.4) is 0 Å². The van der Waals surface area contributed by atoms with Crippen molar-refractivity contribution in [3.05, 3.63) is 65.4 Å². The van der Waals surface area contributed by atoms with Crippen molar-refractivity contribution in [2.75, 3.05) is 12.4 Å². The van der Waals surface area contributed by atoms with Crippen LogP contribution in [0.1, 0.15) is 10.4 Å². The van der Waals surface area contributed by atoms with Crippen molar-refractivity contribution >= 4 is 50.8 Å². The molecule has 2 aromatic heterocycles. The highest BCUT2D eigenvalue weighted by Crippen LogP contribution is 2.34. The lowest BCUT2D eigenvalue weighted by Crippen LogP contribution is -2.05. The summed E-state index contributed by atoms with van der Waals surface area (Å²) in [5, 5.41) is 15.4. The van der Waals surface area contributed by atoms with Gasteiger partial charge in [0.05, 0.1) is 18.2 Å². The predicted molar refractivity (Wildman–Crippen MR) is 105 cm³/mol. The maximum atomic E-state index is 12.3. The number of rotatable bonds is 3. The maximum Gasteiger partial charge on any atom is 0.340 e. The molecule has 6 nitrogen and oxygen atoms in total. The Kier molecular flexibility index (Phi) is 4.25. The maximum absolute atomic E-state index is 12.3. The molecule has 0 aliphatic rings. The van der Waals surface area contributed by atoms with Gasteiger partial charge >= 0.3 is 5.97 Å². The van der Waals surface area contributed by atoms with E-state index in [4.69, 9.17) is 16.3 Å². The molecule has 0 aliphatic heterocycles. The first kappa shape index (κ1) is 17.1. The molecule has 0 fully saturated rings. The van der Waals surface area contributed by atoms with Crippen molar-refractivity contribution in [2.45, 2.75) is 0 Å². The molecule has 134 valence electrons. The third kappa shape index (κ3) is 3.11. The first-order valence-corrected chi connectivity index (χ1v) is 8.46. The van der Waals surface area contributed by atoms with E-state index in [1.807, 2.05) is 0 Å². The molecule has 2 heterocycles. The SMILES string of the molecule is COC(=O)c1cncc2c(Nc3cccc(O)c3)nc3ccc(Cl)cc3c12. The van der Waals surface area contributed by atoms with Gasteiger partial charge < -0.3 is 15.2 Å². The third-order valence-electron chi connectivity index (χ3n) is 4.18. The highest BCUT2D eigenvalue weighted by atomic mass is 35.5. The number of hydrogen-bond acceptors (Lipinski definition) is 6. The molecular weight excluding hydrogens is 366 g/mol. The number of carbonyl (C=O) groups excluding carboxylic acids is 1. The van der Waals surface area contributed by atoms with Gasteiger partial charge in [-0.3, -0.25) is 4.98 Å². The van der Waals surface area contributed by atoms with Gasteiger partial charge in [0.15, 0.2) is 0 Å². The van der Waals surface area contributed by atoms with E-state index in [-0.39, 0.29) is 5.75 Å². The zero-order valence-electron chi connectivity index (χ0n) is 14.2. The molecule has 0 amide bonds. The summed E-state index contributed by atoms with van der Waals surface area (Å²) in [6.45, 7) is 0. The molecule has 0 radical (unpaired) electrons. The first-order valence-electron chi connectivity index (χ1n) is 8.08. The number of esters is 1. The standard InChI is InChI=1S/C20H14ClN3O3/c1-27-20(26)16-10-22-9-15-18(16)14-7-11(21)5-6-17(14)24-19(15)23-12-3-2-4-13(25)8-12/h2-10,25H,1H3,(H,23,24). The van der Waals surface area contributed by atoms with Gasteiger partial charge in [-0.05, 0) is 30.3 Å². The smallest absolute Gasteiger partial charge is 0.340 e. The van der Waals surface area contributed by atoms with Crippen LogP contribution in [0.15, 0.2) is 54.9 Å². The van der Waals surface area contributed by atoms with Gasteiger partial charge in [0.2, 0.25) is 0 Å². The third-order valence-corrected chi connectivity index (χ3v) is 4.41. The molecule has 4 rings (SSSR count). The quantitative estimate of drug-likeness (QED) is 0.397.